The molecule has 2 fully saturated rings. The average molecular weight is 336 g/mol. The van der Waals surface area contributed by atoms with E-state index in [9.17, 15) is 9.59 Å². The third kappa shape index (κ3) is 3.34. The van der Waals surface area contributed by atoms with Gasteiger partial charge in [-0.1, -0.05) is 11.6 Å². The lowest BCUT2D eigenvalue weighted by molar-refractivity contribution is -0.109. The fourth-order valence-electron chi connectivity index (χ4n) is 3.49. The van der Waals surface area contributed by atoms with Gasteiger partial charge in [0, 0.05) is 33.1 Å². The summed E-state index contributed by atoms with van der Waals surface area (Å²) in [4.78, 5) is 30.9. The topological polar surface area (TPSA) is 53.5 Å². The molecule has 124 valence electrons. The number of aldehydes is 1. The van der Waals surface area contributed by atoms with Gasteiger partial charge in [0.05, 0.1) is 5.56 Å². The van der Waals surface area contributed by atoms with E-state index in [0.717, 1.165) is 44.5 Å². The Labute approximate surface area is 141 Å². The lowest BCUT2D eigenvalue weighted by Crippen LogP contribution is -2.35. The maximum absolute atomic E-state index is 12.0. The van der Waals surface area contributed by atoms with Gasteiger partial charge in [0.1, 0.15) is 17.3 Å². The van der Waals surface area contributed by atoms with Crippen LogP contribution in [0.3, 0.4) is 0 Å². The molecule has 0 spiro atoms. The predicted molar refractivity (Wildman–Crippen MR) is 89.9 cm³/mol. The Kier molecular flexibility index (Phi) is 4.57. The van der Waals surface area contributed by atoms with Gasteiger partial charge in [0.25, 0.3) is 5.91 Å². The van der Waals surface area contributed by atoms with Crippen LogP contribution in [0.25, 0.3) is 0 Å². The molecule has 6 heteroatoms. The number of pyridine rings is 1. The van der Waals surface area contributed by atoms with Crippen molar-refractivity contribution in [3.8, 4) is 0 Å². The SMILES string of the molecule is CN(C)C(=O)c1ccc(N2CCC([C@H]3C[C@H]3C=O)CC2)nc1Cl. The highest BCUT2D eigenvalue weighted by Crippen LogP contribution is 2.46. The standard InChI is InChI=1S/C17H22ClN3O2/c1-20(2)17(23)13-3-4-15(19-16(13)18)21-7-5-11(6-8-21)14-9-12(14)10-22/h3-4,10-12,14H,5-9H2,1-2H3/t12-,14+/m0/s1. The molecule has 1 aliphatic carbocycles. The Morgan fingerprint density at radius 1 is 1.35 bits per heavy atom. The first kappa shape index (κ1) is 16.2. The van der Waals surface area contributed by atoms with Crippen LogP contribution in [0.4, 0.5) is 5.82 Å². The summed E-state index contributed by atoms with van der Waals surface area (Å²) in [5, 5.41) is 0.256. The molecule has 0 unspecified atom stereocenters. The normalized spacial score (nSPS) is 24.4. The molecule has 1 saturated heterocycles. The summed E-state index contributed by atoms with van der Waals surface area (Å²) in [5.74, 6) is 2.25. The fraction of sp³-hybridized carbons (Fsp3) is 0.588. The minimum atomic E-state index is -0.138. The number of hydrogen-bond donors (Lipinski definition) is 0. The van der Waals surface area contributed by atoms with Crippen molar-refractivity contribution in [2.75, 3.05) is 32.1 Å². The van der Waals surface area contributed by atoms with E-state index in [-0.39, 0.29) is 11.1 Å². The lowest BCUT2D eigenvalue weighted by Gasteiger charge is -2.33. The number of amides is 1. The first-order chi connectivity index (χ1) is 11.0. The molecule has 1 amide bonds. The molecule has 2 heterocycles. The van der Waals surface area contributed by atoms with Crippen LogP contribution in [-0.4, -0.2) is 49.3 Å². The molecule has 0 bridgehead atoms. The van der Waals surface area contributed by atoms with Gasteiger partial charge in [-0.3, -0.25) is 4.79 Å². The lowest BCUT2D eigenvalue weighted by atomic mass is 9.91. The van der Waals surface area contributed by atoms with E-state index < -0.39 is 0 Å². The molecular weight excluding hydrogens is 314 g/mol. The van der Waals surface area contributed by atoms with Crippen LogP contribution in [0.1, 0.15) is 29.6 Å². The van der Waals surface area contributed by atoms with E-state index in [1.807, 2.05) is 6.07 Å². The Balaban J connectivity index is 1.63. The molecule has 1 aromatic rings. The molecule has 2 atom stereocenters. The van der Waals surface area contributed by atoms with Crippen LogP contribution in [0.5, 0.6) is 0 Å². The van der Waals surface area contributed by atoms with Gasteiger partial charge in [0.2, 0.25) is 0 Å². The molecule has 5 nitrogen and oxygen atoms in total. The highest BCUT2D eigenvalue weighted by Gasteiger charge is 2.43. The van der Waals surface area contributed by atoms with Gasteiger partial charge < -0.3 is 14.6 Å². The largest absolute Gasteiger partial charge is 0.357 e. The van der Waals surface area contributed by atoms with Crippen LogP contribution in [0, 0.1) is 17.8 Å². The third-order valence-corrected chi connectivity index (χ3v) is 5.29. The van der Waals surface area contributed by atoms with Gasteiger partial charge >= 0.3 is 0 Å². The van der Waals surface area contributed by atoms with E-state index in [4.69, 9.17) is 11.6 Å². The number of rotatable bonds is 4. The second kappa shape index (κ2) is 6.48. The van der Waals surface area contributed by atoms with E-state index >= 15 is 0 Å². The van der Waals surface area contributed by atoms with Crippen molar-refractivity contribution < 1.29 is 9.59 Å². The van der Waals surface area contributed by atoms with Crippen molar-refractivity contribution in [3.05, 3.63) is 22.8 Å². The summed E-state index contributed by atoms with van der Waals surface area (Å²) in [7, 11) is 3.39. The average Bonchev–Trinajstić information content (AvgIpc) is 3.34. The number of halogens is 1. The van der Waals surface area contributed by atoms with Crippen molar-refractivity contribution in [1.82, 2.24) is 9.88 Å². The van der Waals surface area contributed by atoms with Crippen molar-refractivity contribution in [2.24, 2.45) is 17.8 Å². The Morgan fingerprint density at radius 2 is 2.04 bits per heavy atom. The smallest absolute Gasteiger partial charge is 0.256 e. The highest BCUT2D eigenvalue weighted by molar-refractivity contribution is 6.32. The van der Waals surface area contributed by atoms with Crippen molar-refractivity contribution in [3.63, 3.8) is 0 Å². The van der Waals surface area contributed by atoms with Crippen molar-refractivity contribution in [1.29, 1.82) is 0 Å². The fourth-order valence-corrected chi connectivity index (χ4v) is 3.72. The number of aromatic nitrogens is 1. The Bertz CT molecular complexity index is 612. The second-order valence-electron chi connectivity index (χ2n) is 6.73. The molecule has 1 aliphatic heterocycles. The van der Waals surface area contributed by atoms with Gasteiger partial charge in [-0.2, -0.15) is 0 Å². The number of piperidine rings is 1. The minimum absolute atomic E-state index is 0.138. The van der Waals surface area contributed by atoms with Gasteiger partial charge in [0.15, 0.2) is 0 Å². The van der Waals surface area contributed by atoms with E-state index in [2.05, 4.69) is 9.88 Å². The zero-order valence-electron chi connectivity index (χ0n) is 13.5. The molecule has 1 aromatic heterocycles. The molecular formula is C17H22ClN3O2. The van der Waals surface area contributed by atoms with Crippen LogP contribution < -0.4 is 4.90 Å². The summed E-state index contributed by atoms with van der Waals surface area (Å²) < 4.78 is 0. The summed E-state index contributed by atoms with van der Waals surface area (Å²) in [6.07, 6.45) is 4.36. The molecule has 0 N–H and O–H groups in total. The molecule has 0 aromatic carbocycles. The highest BCUT2D eigenvalue weighted by atomic mass is 35.5. The van der Waals surface area contributed by atoms with Crippen LogP contribution in [-0.2, 0) is 4.79 Å². The number of carbonyl (C=O) groups is 2. The van der Waals surface area contributed by atoms with E-state index in [1.54, 1.807) is 20.2 Å². The van der Waals surface area contributed by atoms with E-state index in [1.165, 1.54) is 4.90 Å². The zero-order chi connectivity index (χ0) is 16.6. The first-order valence-corrected chi connectivity index (χ1v) is 8.47. The molecule has 1 saturated carbocycles. The van der Waals surface area contributed by atoms with E-state index in [0.29, 0.717) is 23.3 Å². The Hall–Kier alpha value is -1.62. The Morgan fingerprint density at radius 3 is 2.57 bits per heavy atom. The van der Waals surface area contributed by atoms with Gasteiger partial charge in [-0.05, 0) is 43.2 Å². The van der Waals surface area contributed by atoms with Gasteiger partial charge in [-0.25, -0.2) is 4.98 Å². The number of nitrogens with zero attached hydrogens (tertiary/aromatic N) is 3. The van der Waals surface area contributed by atoms with Crippen molar-refractivity contribution >= 4 is 29.6 Å². The predicted octanol–water partition coefficient (Wildman–Crippen LogP) is 2.49. The quantitative estimate of drug-likeness (QED) is 0.626. The van der Waals surface area contributed by atoms with Crippen molar-refractivity contribution in [2.45, 2.75) is 19.3 Å². The summed E-state index contributed by atoms with van der Waals surface area (Å²) >= 11 is 6.19. The summed E-state index contributed by atoms with van der Waals surface area (Å²) in [6.45, 7) is 1.86. The number of hydrogen-bond acceptors (Lipinski definition) is 4. The first-order valence-electron chi connectivity index (χ1n) is 8.09. The molecule has 23 heavy (non-hydrogen) atoms. The number of anilines is 1. The maximum Gasteiger partial charge on any atom is 0.256 e. The van der Waals surface area contributed by atoms with Crippen LogP contribution >= 0.6 is 11.6 Å². The number of carbonyl (C=O) groups excluding carboxylic acids is 2. The second-order valence-corrected chi connectivity index (χ2v) is 7.09. The summed E-state index contributed by atoms with van der Waals surface area (Å²) in [5.41, 5.74) is 0.433. The molecule has 3 rings (SSSR count). The minimum Gasteiger partial charge on any atom is -0.357 e. The molecule has 0 radical (unpaired) electrons. The van der Waals surface area contributed by atoms with Crippen LogP contribution in [0.15, 0.2) is 12.1 Å². The third-order valence-electron chi connectivity index (χ3n) is 5.01. The monoisotopic (exact) mass is 335 g/mol. The summed E-state index contributed by atoms with van der Waals surface area (Å²) in [6, 6.07) is 3.62. The van der Waals surface area contributed by atoms with Crippen LogP contribution in [0.2, 0.25) is 5.15 Å². The molecule has 2 aliphatic rings. The van der Waals surface area contributed by atoms with Gasteiger partial charge in [-0.15, -0.1) is 0 Å². The zero-order valence-corrected chi connectivity index (χ0v) is 14.3. The maximum atomic E-state index is 12.0.